The molecule has 0 saturated heterocycles. The van der Waals surface area contributed by atoms with Crippen molar-refractivity contribution >= 4 is 23.3 Å². The lowest BCUT2D eigenvalue weighted by molar-refractivity contribution is 0.0601. The smallest absolute Gasteiger partial charge is 0.339 e. The highest BCUT2D eigenvalue weighted by Crippen LogP contribution is 2.33. The minimum Gasteiger partial charge on any atom is -0.465 e. The fourth-order valence-corrected chi connectivity index (χ4v) is 3.24. The van der Waals surface area contributed by atoms with Crippen molar-refractivity contribution in [1.82, 2.24) is 0 Å². The maximum absolute atomic E-state index is 11.8. The lowest BCUT2D eigenvalue weighted by Gasteiger charge is -2.36. The average Bonchev–Trinajstić information content (AvgIpc) is 2.42. The number of anilines is 1. The quantitative estimate of drug-likeness (QED) is 0.842. The van der Waals surface area contributed by atoms with Crippen molar-refractivity contribution in [2.75, 3.05) is 12.4 Å². The van der Waals surface area contributed by atoms with Crippen molar-refractivity contribution in [2.45, 2.75) is 39.2 Å². The number of benzene rings is 1. The van der Waals surface area contributed by atoms with E-state index in [2.05, 4.69) is 19.2 Å². The molecule has 0 heterocycles. The van der Waals surface area contributed by atoms with E-state index in [9.17, 15) is 4.79 Å². The summed E-state index contributed by atoms with van der Waals surface area (Å²) in [7, 11) is 1.40. The summed E-state index contributed by atoms with van der Waals surface area (Å²) in [5, 5.41) is 4.14. The van der Waals surface area contributed by atoms with Gasteiger partial charge in [-0.05, 0) is 42.9 Å². The number of ether oxygens (including phenoxy) is 1. The zero-order chi connectivity index (χ0) is 14.7. The number of hydrogen-bond donors (Lipinski definition) is 1. The number of carbonyl (C=O) groups excluding carboxylic acids is 1. The van der Waals surface area contributed by atoms with Crippen LogP contribution in [-0.4, -0.2) is 19.1 Å². The molecule has 1 N–H and O–H groups in total. The summed E-state index contributed by atoms with van der Waals surface area (Å²) >= 11 is 6.06. The van der Waals surface area contributed by atoms with Crippen LogP contribution in [-0.2, 0) is 4.74 Å². The standard InChI is InChI=1S/C16H22ClNO2/c1-10-5-4-6-11(2)15(10)18-14-9-12(17)7-8-13(14)16(19)20-3/h7-11,15,18H,4-6H2,1-3H3. The van der Waals surface area contributed by atoms with Gasteiger partial charge < -0.3 is 10.1 Å². The molecule has 20 heavy (non-hydrogen) atoms. The van der Waals surface area contributed by atoms with E-state index in [-0.39, 0.29) is 5.97 Å². The monoisotopic (exact) mass is 295 g/mol. The van der Waals surface area contributed by atoms with Gasteiger partial charge in [-0.3, -0.25) is 0 Å². The second-order valence-electron chi connectivity index (χ2n) is 5.74. The first-order valence-electron chi connectivity index (χ1n) is 7.17. The fourth-order valence-electron chi connectivity index (χ4n) is 3.07. The molecule has 1 aromatic carbocycles. The van der Waals surface area contributed by atoms with Crippen LogP contribution in [0, 0.1) is 11.8 Å². The third kappa shape index (κ3) is 3.26. The van der Waals surface area contributed by atoms with Crippen LogP contribution < -0.4 is 5.32 Å². The molecular weight excluding hydrogens is 274 g/mol. The predicted octanol–water partition coefficient (Wildman–Crippen LogP) is 4.36. The van der Waals surface area contributed by atoms with Gasteiger partial charge in [0, 0.05) is 11.1 Å². The molecule has 3 nitrogen and oxygen atoms in total. The zero-order valence-electron chi connectivity index (χ0n) is 12.3. The predicted molar refractivity (Wildman–Crippen MR) is 82.4 cm³/mol. The number of carbonyl (C=O) groups is 1. The molecule has 2 unspecified atom stereocenters. The van der Waals surface area contributed by atoms with Crippen LogP contribution in [0.25, 0.3) is 0 Å². The van der Waals surface area contributed by atoms with Crippen LogP contribution in [0.5, 0.6) is 0 Å². The molecule has 0 bridgehead atoms. The van der Waals surface area contributed by atoms with E-state index in [1.807, 2.05) is 6.07 Å². The highest BCUT2D eigenvalue weighted by Gasteiger charge is 2.28. The highest BCUT2D eigenvalue weighted by atomic mass is 35.5. The molecule has 1 aliphatic carbocycles. The van der Waals surface area contributed by atoms with Gasteiger partial charge in [-0.2, -0.15) is 0 Å². The summed E-state index contributed by atoms with van der Waals surface area (Å²) in [4.78, 5) is 11.8. The second kappa shape index (κ2) is 6.49. The Hall–Kier alpha value is -1.22. The topological polar surface area (TPSA) is 38.3 Å². The van der Waals surface area contributed by atoms with Crippen LogP contribution in [0.1, 0.15) is 43.5 Å². The normalized spacial score (nSPS) is 26.1. The van der Waals surface area contributed by atoms with Crippen LogP contribution in [0.15, 0.2) is 18.2 Å². The lowest BCUT2D eigenvalue weighted by Crippen LogP contribution is -2.37. The first kappa shape index (κ1) is 15.2. The summed E-state index contributed by atoms with van der Waals surface area (Å²) in [5.74, 6) is 0.840. The number of halogens is 1. The molecule has 1 aromatic rings. The summed E-state index contributed by atoms with van der Waals surface area (Å²) in [6, 6.07) is 5.61. The van der Waals surface area contributed by atoms with Crippen LogP contribution in [0.2, 0.25) is 5.02 Å². The van der Waals surface area contributed by atoms with Crippen molar-refractivity contribution in [3.63, 3.8) is 0 Å². The van der Waals surface area contributed by atoms with E-state index in [0.717, 1.165) is 5.69 Å². The molecule has 0 aliphatic heterocycles. The van der Waals surface area contributed by atoms with Gasteiger partial charge in [0.1, 0.15) is 0 Å². The molecule has 2 atom stereocenters. The lowest BCUT2D eigenvalue weighted by atomic mass is 9.78. The number of methoxy groups -OCH3 is 1. The summed E-state index contributed by atoms with van der Waals surface area (Å²) in [6.07, 6.45) is 3.71. The Morgan fingerprint density at radius 2 is 1.95 bits per heavy atom. The summed E-state index contributed by atoms with van der Waals surface area (Å²) in [6.45, 7) is 4.52. The van der Waals surface area contributed by atoms with Gasteiger partial charge in [-0.15, -0.1) is 0 Å². The van der Waals surface area contributed by atoms with Crippen LogP contribution >= 0.6 is 11.6 Å². The van der Waals surface area contributed by atoms with E-state index in [0.29, 0.717) is 28.5 Å². The van der Waals surface area contributed by atoms with E-state index in [1.165, 1.54) is 26.4 Å². The Bertz CT molecular complexity index is 479. The summed E-state index contributed by atoms with van der Waals surface area (Å²) in [5.41, 5.74) is 1.32. The number of esters is 1. The summed E-state index contributed by atoms with van der Waals surface area (Å²) < 4.78 is 4.84. The highest BCUT2D eigenvalue weighted by molar-refractivity contribution is 6.31. The van der Waals surface area contributed by atoms with Crippen molar-refractivity contribution < 1.29 is 9.53 Å². The molecule has 1 aliphatic rings. The molecule has 1 saturated carbocycles. The largest absolute Gasteiger partial charge is 0.465 e. The minimum absolute atomic E-state index is 0.333. The zero-order valence-corrected chi connectivity index (χ0v) is 13.0. The van der Waals surface area contributed by atoms with E-state index < -0.39 is 0 Å². The van der Waals surface area contributed by atoms with Crippen LogP contribution in [0.4, 0.5) is 5.69 Å². The molecule has 0 radical (unpaired) electrons. The SMILES string of the molecule is COC(=O)c1ccc(Cl)cc1NC1C(C)CCCC1C. The van der Waals surface area contributed by atoms with Crippen molar-refractivity contribution in [2.24, 2.45) is 11.8 Å². The Balaban J connectivity index is 2.27. The molecule has 0 spiro atoms. The van der Waals surface area contributed by atoms with Gasteiger partial charge in [-0.1, -0.05) is 31.9 Å². The van der Waals surface area contributed by atoms with Gasteiger partial charge in [-0.25, -0.2) is 4.79 Å². The molecule has 0 aromatic heterocycles. The number of hydrogen-bond acceptors (Lipinski definition) is 3. The van der Waals surface area contributed by atoms with Gasteiger partial charge in [0.05, 0.1) is 18.4 Å². The maximum atomic E-state index is 11.8. The number of rotatable bonds is 3. The van der Waals surface area contributed by atoms with Crippen LogP contribution in [0.3, 0.4) is 0 Å². The van der Waals surface area contributed by atoms with Crippen molar-refractivity contribution in [3.05, 3.63) is 28.8 Å². The van der Waals surface area contributed by atoms with Gasteiger partial charge in [0.25, 0.3) is 0 Å². The first-order valence-corrected chi connectivity index (χ1v) is 7.55. The maximum Gasteiger partial charge on any atom is 0.339 e. The first-order chi connectivity index (χ1) is 9.52. The van der Waals surface area contributed by atoms with Gasteiger partial charge in [0.15, 0.2) is 0 Å². The Labute approximate surface area is 125 Å². The second-order valence-corrected chi connectivity index (χ2v) is 6.17. The fraction of sp³-hybridized carbons (Fsp3) is 0.562. The van der Waals surface area contributed by atoms with Crippen molar-refractivity contribution in [3.8, 4) is 0 Å². The molecule has 0 amide bonds. The van der Waals surface area contributed by atoms with Gasteiger partial charge in [0.2, 0.25) is 0 Å². The van der Waals surface area contributed by atoms with E-state index in [1.54, 1.807) is 12.1 Å². The molecule has 2 rings (SSSR count). The average molecular weight is 296 g/mol. The van der Waals surface area contributed by atoms with E-state index >= 15 is 0 Å². The minimum atomic E-state index is -0.333. The van der Waals surface area contributed by atoms with Gasteiger partial charge >= 0.3 is 5.97 Å². The third-order valence-corrected chi connectivity index (χ3v) is 4.49. The third-order valence-electron chi connectivity index (χ3n) is 4.25. The van der Waals surface area contributed by atoms with Crippen molar-refractivity contribution in [1.29, 1.82) is 0 Å². The Kier molecular flexibility index (Phi) is 4.92. The molecule has 4 heteroatoms. The Morgan fingerprint density at radius 1 is 1.30 bits per heavy atom. The Morgan fingerprint density at radius 3 is 2.55 bits per heavy atom. The molecular formula is C16H22ClNO2. The molecule has 1 fully saturated rings. The number of nitrogens with one attached hydrogen (secondary N) is 1. The van der Waals surface area contributed by atoms with E-state index in [4.69, 9.17) is 16.3 Å². The molecule has 110 valence electrons.